The molecule has 150 valence electrons. The third kappa shape index (κ3) is 4.59. The SMILES string of the molecule is O=C(c1cn(CC2(O)CCN(Cc3ccccc3)CC2)nn1)N1CCCCC1. The van der Waals surface area contributed by atoms with E-state index in [1.165, 1.54) is 12.0 Å². The van der Waals surface area contributed by atoms with E-state index in [9.17, 15) is 9.90 Å². The van der Waals surface area contributed by atoms with Crippen molar-refractivity contribution in [2.24, 2.45) is 0 Å². The number of hydrogen-bond acceptors (Lipinski definition) is 5. The zero-order valence-corrected chi connectivity index (χ0v) is 16.3. The van der Waals surface area contributed by atoms with Gasteiger partial charge in [-0.05, 0) is 37.7 Å². The summed E-state index contributed by atoms with van der Waals surface area (Å²) in [4.78, 5) is 16.8. The van der Waals surface area contributed by atoms with Crippen LogP contribution >= 0.6 is 0 Å². The highest BCUT2D eigenvalue weighted by molar-refractivity contribution is 5.91. The fourth-order valence-electron chi connectivity index (χ4n) is 4.16. The molecular weight excluding hydrogens is 354 g/mol. The molecule has 0 atom stereocenters. The predicted octanol–water partition coefficient (Wildman–Crippen LogP) is 1.93. The largest absolute Gasteiger partial charge is 0.388 e. The molecule has 2 saturated heterocycles. The molecule has 3 heterocycles. The van der Waals surface area contributed by atoms with Crippen molar-refractivity contribution in [1.29, 1.82) is 0 Å². The van der Waals surface area contributed by atoms with Crippen LogP contribution in [-0.2, 0) is 13.1 Å². The van der Waals surface area contributed by atoms with Crippen LogP contribution in [0, 0.1) is 0 Å². The van der Waals surface area contributed by atoms with Crippen molar-refractivity contribution < 1.29 is 9.90 Å². The molecule has 0 radical (unpaired) electrons. The molecule has 2 aliphatic heterocycles. The van der Waals surface area contributed by atoms with Gasteiger partial charge in [0.15, 0.2) is 5.69 Å². The minimum atomic E-state index is -0.799. The molecule has 4 rings (SSSR count). The molecule has 0 spiro atoms. The van der Waals surface area contributed by atoms with Crippen LogP contribution in [0.2, 0.25) is 0 Å². The summed E-state index contributed by atoms with van der Waals surface area (Å²) in [6.45, 7) is 4.58. The van der Waals surface area contributed by atoms with Crippen LogP contribution in [-0.4, -0.2) is 67.6 Å². The fourth-order valence-corrected chi connectivity index (χ4v) is 4.16. The van der Waals surface area contributed by atoms with Gasteiger partial charge in [0.1, 0.15) is 0 Å². The molecule has 1 aromatic carbocycles. The van der Waals surface area contributed by atoms with Crippen LogP contribution in [0.5, 0.6) is 0 Å². The molecule has 1 N–H and O–H groups in total. The van der Waals surface area contributed by atoms with Gasteiger partial charge in [0.2, 0.25) is 0 Å². The zero-order valence-electron chi connectivity index (χ0n) is 16.3. The standard InChI is InChI=1S/C21H29N5O2/c27-20(25-11-5-2-6-12-25)19-16-26(23-22-19)17-21(28)9-13-24(14-10-21)15-18-7-3-1-4-8-18/h1,3-4,7-8,16,28H,2,5-6,9-15,17H2. The van der Waals surface area contributed by atoms with Crippen LogP contribution in [0.3, 0.4) is 0 Å². The van der Waals surface area contributed by atoms with Crippen LogP contribution in [0.4, 0.5) is 0 Å². The third-order valence-electron chi connectivity index (χ3n) is 5.89. The first-order valence-electron chi connectivity index (χ1n) is 10.3. The summed E-state index contributed by atoms with van der Waals surface area (Å²) < 4.78 is 1.63. The number of carbonyl (C=O) groups excluding carboxylic acids is 1. The number of likely N-dealkylation sites (tertiary alicyclic amines) is 2. The van der Waals surface area contributed by atoms with Crippen LogP contribution in [0.1, 0.15) is 48.2 Å². The molecule has 2 aromatic rings. The maximum absolute atomic E-state index is 12.5. The van der Waals surface area contributed by atoms with Crippen molar-refractivity contribution in [3.05, 3.63) is 47.8 Å². The zero-order chi connectivity index (χ0) is 19.4. The summed E-state index contributed by atoms with van der Waals surface area (Å²) >= 11 is 0. The first kappa shape index (κ1) is 19.1. The minimum Gasteiger partial charge on any atom is -0.388 e. The lowest BCUT2D eigenvalue weighted by Crippen LogP contribution is -2.46. The smallest absolute Gasteiger partial charge is 0.276 e. The molecule has 0 bridgehead atoms. The number of hydrogen-bond donors (Lipinski definition) is 1. The van der Waals surface area contributed by atoms with E-state index in [0.717, 1.165) is 45.6 Å². The quantitative estimate of drug-likeness (QED) is 0.854. The second kappa shape index (κ2) is 8.41. The maximum atomic E-state index is 12.5. The van der Waals surface area contributed by atoms with Crippen molar-refractivity contribution in [3.63, 3.8) is 0 Å². The lowest BCUT2D eigenvalue weighted by Gasteiger charge is -2.38. The number of carbonyl (C=O) groups is 1. The van der Waals surface area contributed by atoms with Gasteiger partial charge in [-0.3, -0.25) is 9.69 Å². The van der Waals surface area contributed by atoms with E-state index in [0.29, 0.717) is 25.1 Å². The molecule has 1 aromatic heterocycles. The van der Waals surface area contributed by atoms with Crippen LogP contribution in [0.15, 0.2) is 36.5 Å². The predicted molar refractivity (Wildman–Crippen MR) is 106 cm³/mol. The molecular formula is C21H29N5O2. The van der Waals surface area contributed by atoms with E-state index in [1.54, 1.807) is 10.9 Å². The second-order valence-electron chi connectivity index (χ2n) is 8.14. The van der Waals surface area contributed by atoms with E-state index in [-0.39, 0.29) is 5.91 Å². The highest BCUT2D eigenvalue weighted by atomic mass is 16.3. The third-order valence-corrected chi connectivity index (χ3v) is 5.89. The Balaban J connectivity index is 1.31. The van der Waals surface area contributed by atoms with Crippen molar-refractivity contribution in [2.45, 2.75) is 50.8 Å². The van der Waals surface area contributed by atoms with Gasteiger partial charge < -0.3 is 10.0 Å². The summed E-state index contributed by atoms with van der Waals surface area (Å²) in [7, 11) is 0. The number of piperidine rings is 2. The van der Waals surface area contributed by atoms with E-state index >= 15 is 0 Å². The van der Waals surface area contributed by atoms with Crippen molar-refractivity contribution in [2.75, 3.05) is 26.2 Å². The number of nitrogens with zero attached hydrogens (tertiary/aromatic N) is 5. The molecule has 2 aliphatic rings. The first-order chi connectivity index (χ1) is 13.6. The Kier molecular flexibility index (Phi) is 5.73. The number of rotatable bonds is 5. The molecule has 1 amide bonds. The normalized spacial score (nSPS) is 20.2. The molecule has 7 heteroatoms. The maximum Gasteiger partial charge on any atom is 0.276 e. The van der Waals surface area contributed by atoms with Crippen molar-refractivity contribution in [3.8, 4) is 0 Å². The van der Waals surface area contributed by atoms with Gasteiger partial charge in [0, 0.05) is 32.7 Å². The Bertz CT molecular complexity index is 777. The molecule has 0 aliphatic carbocycles. The number of aromatic nitrogens is 3. The summed E-state index contributed by atoms with van der Waals surface area (Å²) in [5, 5.41) is 19.2. The average Bonchev–Trinajstić information content (AvgIpc) is 3.19. The van der Waals surface area contributed by atoms with Crippen molar-refractivity contribution >= 4 is 5.91 Å². The Morgan fingerprint density at radius 3 is 2.46 bits per heavy atom. The van der Waals surface area contributed by atoms with Gasteiger partial charge >= 0.3 is 0 Å². The highest BCUT2D eigenvalue weighted by Crippen LogP contribution is 2.25. The summed E-state index contributed by atoms with van der Waals surface area (Å²) in [5.41, 5.74) is 0.879. The summed E-state index contributed by atoms with van der Waals surface area (Å²) in [5.74, 6) is -0.0457. The Morgan fingerprint density at radius 1 is 1.04 bits per heavy atom. The van der Waals surface area contributed by atoms with E-state index in [2.05, 4.69) is 39.5 Å². The highest BCUT2D eigenvalue weighted by Gasteiger charge is 2.33. The van der Waals surface area contributed by atoms with E-state index in [1.807, 2.05) is 11.0 Å². The van der Waals surface area contributed by atoms with Crippen LogP contribution < -0.4 is 0 Å². The summed E-state index contributed by atoms with van der Waals surface area (Å²) in [6.07, 6.45) is 6.36. The lowest BCUT2D eigenvalue weighted by atomic mass is 9.91. The molecule has 28 heavy (non-hydrogen) atoms. The molecule has 0 unspecified atom stereocenters. The Labute approximate surface area is 165 Å². The number of aliphatic hydroxyl groups is 1. The average molecular weight is 383 g/mol. The number of benzene rings is 1. The van der Waals surface area contributed by atoms with Gasteiger partial charge in [-0.1, -0.05) is 35.5 Å². The second-order valence-corrected chi connectivity index (χ2v) is 8.14. The van der Waals surface area contributed by atoms with Gasteiger partial charge in [0.05, 0.1) is 18.3 Å². The monoisotopic (exact) mass is 383 g/mol. The fraction of sp³-hybridized carbons (Fsp3) is 0.571. The molecule has 7 nitrogen and oxygen atoms in total. The summed E-state index contributed by atoms with van der Waals surface area (Å²) in [6, 6.07) is 10.4. The number of amides is 1. The van der Waals surface area contributed by atoms with Gasteiger partial charge in [-0.25, -0.2) is 4.68 Å². The first-order valence-corrected chi connectivity index (χ1v) is 10.3. The van der Waals surface area contributed by atoms with Gasteiger partial charge in [-0.2, -0.15) is 0 Å². The van der Waals surface area contributed by atoms with Crippen molar-refractivity contribution in [1.82, 2.24) is 24.8 Å². The Morgan fingerprint density at radius 2 is 1.75 bits per heavy atom. The van der Waals surface area contributed by atoms with Crippen LogP contribution in [0.25, 0.3) is 0 Å². The van der Waals surface area contributed by atoms with E-state index in [4.69, 9.17) is 0 Å². The Hall–Kier alpha value is -2.25. The lowest BCUT2D eigenvalue weighted by molar-refractivity contribution is -0.0383. The van der Waals surface area contributed by atoms with Gasteiger partial charge in [-0.15, -0.1) is 5.10 Å². The minimum absolute atomic E-state index is 0.0457. The van der Waals surface area contributed by atoms with Gasteiger partial charge in [0.25, 0.3) is 5.91 Å². The molecule has 0 saturated carbocycles. The topological polar surface area (TPSA) is 74.5 Å². The van der Waals surface area contributed by atoms with E-state index < -0.39 is 5.60 Å². The molecule has 2 fully saturated rings.